The van der Waals surface area contributed by atoms with E-state index in [1.165, 1.54) is 0 Å². The van der Waals surface area contributed by atoms with Crippen LogP contribution in [0.5, 0.6) is 0 Å². The van der Waals surface area contributed by atoms with E-state index in [4.69, 9.17) is 11.6 Å². The lowest BCUT2D eigenvalue weighted by Gasteiger charge is -2.37. The Balaban J connectivity index is 1.32. The Morgan fingerprint density at radius 3 is 2.52 bits per heavy atom. The van der Waals surface area contributed by atoms with E-state index in [0.717, 1.165) is 73.0 Å². The van der Waals surface area contributed by atoms with Gasteiger partial charge in [-0.05, 0) is 87.0 Å². The van der Waals surface area contributed by atoms with Gasteiger partial charge < -0.3 is 25.0 Å². The lowest BCUT2D eigenvalue weighted by molar-refractivity contribution is -0.136. The molecule has 236 valence electrons. The molecular formula is C35H46ClN5O3. The van der Waals surface area contributed by atoms with Gasteiger partial charge in [0.2, 0.25) is 17.7 Å². The number of nitrogens with zero attached hydrogens (tertiary/aromatic N) is 3. The number of H-pyrrole nitrogens is 1. The van der Waals surface area contributed by atoms with Gasteiger partial charge in [0.05, 0.1) is 0 Å². The molecule has 0 unspecified atom stereocenters. The average Bonchev–Trinajstić information content (AvgIpc) is 3.41. The Kier molecular flexibility index (Phi) is 10.3. The fraction of sp³-hybridized carbons (Fsp3) is 0.514. The van der Waals surface area contributed by atoms with Gasteiger partial charge in [0, 0.05) is 72.7 Å². The summed E-state index contributed by atoms with van der Waals surface area (Å²) in [6.45, 7) is 6.80. The van der Waals surface area contributed by atoms with Gasteiger partial charge in [0.15, 0.2) is 0 Å². The van der Waals surface area contributed by atoms with Crippen LogP contribution in [0.1, 0.15) is 50.7 Å². The van der Waals surface area contributed by atoms with E-state index in [9.17, 15) is 14.4 Å². The van der Waals surface area contributed by atoms with Crippen molar-refractivity contribution in [2.45, 2.75) is 58.4 Å². The number of rotatable bonds is 10. The highest BCUT2D eigenvalue weighted by atomic mass is 35.5. The third-order valence-electron chi connectivity index (χ3n) is 9.10. The monoisotopic (exact) mass is 619 g/mol. The first-order valence-corrected chi connectivity index (χ1v) is 16.3. The molecule has 2 N–H and O–H groups in total. The van der Waals surface area contributed by atoms with Crippen molar-refractivity contribution in [2.24, 2.45) is 17.8 Å². The third-order valence-corrected chi connectivity index (χ3v) is 9.34. The van der Waals surface area contributed by atoms with Gasteiger partial charge in [-0.25, -0.2) is 0 Å². The normalized spacial score (nSPS) is 18.1. The molecule has 9 heteroatoms. The van der Waals surface area contributed by atoms with Gasteiger partial charge in [-0.1, -0.05) is 43.6 Å². The second-order valence-corrected chi connectivity index (χ2v) is 13.6. The van der Waals surface area contributed by atoms with Crippen molar-refractivity contribution in [3.05, 3.63) is 64.8 Å². The molecule has 5 rings (SSSR count). The number of fused-ring (bicyclic) bond motifs is 2. The van der Waals surface area contributed by atoms with Crippen molar-refractivity contribution in [1.82, 2.24) is 20.1 Å². The zero-order valence-corrected chi connectivity index (χ0v) is 27.2. The summed E-state index contributed by atoms with van der Waals surface area (Å²) in [6.07, 6.45) is 6.10. The lowest BCUT2D eigenvalue weighted by Crippen LogP contribution is -2.53. The largest absolute Gasteiger partial charge is 0.361 e. The quantitative estimate of drug-likeness (QED) is 0.323. The van der Waals surface area contributed by atoms with E-state index in [-0.39, 0.29) is 29.6 Å². The van der Waals surface area contributed by atoms with Crippen molar-refractivity contribution in [3.8, 4) is 0 Å². The van der Waals surface area contributed by atoms with Crippen LogP contribution in [0.15, 0.2) is 48.7 Å². The molecule has 2 aliphatic heterocycles. The molecule has 2 aromatic carbocycles. The second-order valence-electron chi connectivity index (χ2n) is 13.2. The zero-order chi connectivity index (χ0) is 31.4. The number of hydrogen-bond donors (Lipinski definition) is 2. The number of aromatic amines is 1. The van der Waals surface area contributed by atoms with Crippen LogP contribution in [0.2, 0.25) is 5.02 Å². The fourth-order valence-electron chi connectivity index (χ4n) is 6.88. The van der Waals surface area contributed by atoms with Crippen LogP contribution in [0, 0.1) is 17.8 Å². The Labute approximate surface area is 266 Å². The smallest absolute Gasteiger partial charge is 0.249 e. The van der Waals surface area contributed by atoms with Gasteiger partial charge >= 0.3 is 0 Å². The summed E-state index contributed by atoms with van der Waals surface area (Å²) in [7, 11) is 4.09. The molecule has 1 aromatic heterocycles. The van der Waals surface area contributed by atoms with Crippen LogP contribution in [-0.2, 0) is 27.2 Å². The van der Waals surface area contributed by atoms with Gasteiger partial charge in [0.25, 0.3) is 0 Å². The Morgan fingerprint density at radius 1 is 1.05 bits per heavy atom. The highest BCUT2D eigenvalue weighted by Gasteiger charge is 2.34. The number of carbonyl (C=O) groups is 3. The first-order valence-electron chi connectivity index (χ1n) is 16.0. The molecule has 1 fully saturated rings. The molecule has 44 heavy (non-hydrogen) atoms. The highest BCUT2D eigenvalue weighted by molar-refractivity contribution is 6.30. The fourth-order valence-corrected chi connectivity index (χ4v) is 7.07. The summed E-state index contributed by atoms with van der Waals surface area (Å²) in [4.78, 5) is 49.6. The first-order chi connectivity index (χ1) is 21.1. The van der Waals surface area contributed by atoms with Crippen LogP contribution >= 0.6 is 11.6 Å². The Bertz CT molecular complexity index is 1480. The van der Waals surface area contributed by atoms with Crippen molar-refractivity contribution in [3.63, 3.8) is 0 Å². The van der Waals surface area contributed by atoms with E-state index in [1.54, 1.807) is 0 Å². The number of anilines is 1. The van der Waals surface area contributed by atoms with Crippen LogP contribution in [0.4, 0.5) is 5.69 Å². The number of hydrogen-bond acceptors (Lipinski definition) is 4. The molecule has 0 bridgehead atoms. The van der Waals surface area contributed by atoms with Gasteiger partial charge in [0.1, 0.15) is 6.04 Å². The number of nitrogens with one attached hydrogen (secondary N) is 2. The highest BCUT2D eigenvalue weighted by Crippen LogP contribution is 2.33. The minimum Gasteiger partial charge on any atom is -0.361 e. The summed E-state index contributed by atoms with van der Waals surface area (Å²) >= 11 is 6.38. The number of amides is 3. The van der Waals surface area contributed by atoms with E-state index in [0.29, 0.717) is 30.3 Å². The maximum absolute atomic E-state index is 14.5. The molecule has 2 atom stereocenters. The van der Waals surface area contributed by atoms with Crippen LogP contribution in [-0.4, -0.2) is 78.8 Å². The molecule has 3 aromatic rings. The predicted molar refractivity (Wildman–Crippen MR) is 177 cm³/mol. The number of benzene rings is 2. The molecule has 2 aliphatic rings. The minimum atomic E-state index is -0.714. The maximum Gasteiger partial charge on any atom is 0.249 e. The topological polar surface area (TPSA) is 88.8 Å². The molecule has 0 saturated carbocycles. The van der Waals surface area contributed by atoms with Gasteiger partial charge in [-0.2, -0.15) is 0 Å². The van der Waals surface area contributed by atoms with Crippen molar-refractivity contribution < 1.29 is 14.4 Å². The standard InChI is InChI=1S/C35H46ClN5O3/c1-23(2)34(43)40-15-13-24(14-16-40)9-12-33(42)38-31(19-27-20-37-30-8-6-5-7-29(27)30)35(44)41-22-25(21-39(3)4)17-26-18-28(36)10-11-32(26)41/h5-8,10-11,18,20,23-25,31,37H,9,12-17,19,21-22H2,1-4H3,(H,38,42)/t25-,31+/m0/s1. The predicted octanol–water partition coefficient (Wildman–Crippen LogP) is 5.29. The Morgan fingerprint density at radius 2 is 1.80 bits per heavy atom. The molecule has 0 radical (unpaired) electrons. The number of aromatic nitrogens is 1. The molecule has 0 spiro atoms. The van der Waals surface area contributed by atoms with E-state index < -0.39 is 6.04 Å². The summed E-state index contributed by atoms with van der Waals surface area (Å²) in [5, 5.41) is 4.86. The van der Waals surface area contributed by atoms with Gasteiger partial charge in [-0.15, -0.1) is 0 Å². The van der Waals surface area contributed by atoms with Crippen molar-refractivity contribution in [2.75, 3.05) is 45.2 Å². The number of carbonyl (C=O) groups excluding carboxylic acids is 3. The average molecular weight is 620 g/mol. The molecule has 0 aliphatic carbocycles. The first kappa shape index (κ1) is 32.0. The number of halogens is 1. The van der Waals surface area contributed by atoms with Gasteiger partial charge in [-0.3, -0.25) is 14.4 Å². The number of para-hydroxylation sites is 1. The molecule has 8 nitrogen and oxygen atoms in total. The van der Waals surface area contributed by atoms with Crippen LogP contribution in [0.25, 0.3) is 10.9 Å². The van der Waals surface area contributed by atoms with Crippen molar-refractivity contribution >= 4 is 45.9 Å². The summed E-state index contributed by atoms with van der Waals surface area (Å²) < 4.78 is 0. The number of piperidine rings is 1. The van der Waals surface area contributed by atoms with Crippen LogP contribution < -0.4 is 10.2 Å². The van der Waals surface area contributed by atoms with Crippen molar-refractivity contribution in [1.29, 1.82) is 0 Å². The SMILES string of the molecule is CC(C)C(=O)N1CCC(CCC(=O)N[C@H](Cc2c[nH]c3ccccc23)C(=O)N2C[C@H](CN(C)C)Cc3cc(Cl)ccc32)CC1. The lowest BCUT2D eigenvalue weighted by atomic mass is 9.90. The van der Waals surface area contributed by atoms with E-state index in [2.05, 4.69) is 15.2 Å². The zero-order valence-electron chi connectivity index (χ0n) is 26.4. The summed E-state index contributed by atoms with van der Waals surface area (Å²) in [6, 6.07) is 13.1. The minimum absolute atomic E-state index is 0.00552. The third kappa shape index (κ3) is 7.64. The van der Waals surface area contributed by atoms with E-state index >= 15 is 0 Å². The second kappa shape index (κ2) is 14.2. The molecule has 1 saturated heterocycles. The summed E-state index contributed by atoms with van der Waals surface area (Å²) in [5.41, 5.74) is 3.93. The van der Waals surface area contributed by atoms with E-state index in [1.807, 2.05) is 86.4 Å². The van der Waals surface area contributed by atoms with Crippen LogP contribution in [0.3, 0.4) is 0 Å². The summed E-state index contributed by atoms with van der Waals surface area (Å²) in [5.74, 6) is 0.640. The number of likely N-dealkylation sites (tertiary alicyclic amines) is 1. The molecular weight excluding hydrogens is 574 g/mol. The molecule has 3 amide bonds. The maximum atomic E-state index is 14.5. The molecule has 3 heterocycles. The Hall–Kier alpha value is -3.36.